The van der Waals surface area contributed by atoms with Crippen molar-refractivity contribution in [1.82, 2.24) is 14.5 Å². The van der Waals surface area contributed by atoms with Gasteiger partial charge in [-0.2, -0.15) is 0 Å². The molecule has 0 saturated heterocycles. The number of thiophene rings is 1. The van der Waals surface area contributed by atoms with Gasteiger partial charge >= 0.3 is 0 Å². The average Bonchev–Trinajstić information content (AvgIpc) is 3.14. The molecule has 0 N–H and O–H groups in total. The van der Waals surface area contributed by atoms with E-state index in [4.69, 9.17) is 4.98 Å². The van der Waals surface area contributed by atoms with Gasteiger partial charge in [0.05, 0.1) is 4.88 Å². The van der Waals surface area contributed by atoms with Crippen molar-refractivity contribution in [2.24, 2.45) is 0 Å². The van der Waals surface area contributed by atoms with E-state index in [1.54, 1.807) is 11.3 Å². The monoisotopic (exact) mass is 291 g/mol. The Morgan fingerprint density at radius 3 is 2.81 bits per heavy atom. The van der Waals surface area contributed by atoms with Crippen LogP contribution < -0.4 is 0 Å². The minimum Gasteiger partial charge on any atom is -0.276 e. The van der Waals surface area contributed by atoms with Crippen molar-refractivity contribution in [3.05, 3.63) is 65.7 Å². The van der Waals surface area contributed by atoms with Gasteiger partial charge in [0.1, 0.15) is 5.52 Å². The minimum atomic E-state index is 0.895. The van der Waals surface area contributed by atoms with Gasteiger partial charge in [-0.15, -0.1) is 11.3 Å². The Bertz CT molecular complexity index is 907. The van der Waals surface area contributed by atoms with Crippen molar-refractivity contribution < 1.29 is 0 Å². The van der Waals surface area contributed by atoms with Gasteiger partial charge in [0.2, 0.25) is 0 Å². The minimum absolute atomic E-state index is 0.895. The summed E-state index contributed by atoms with van der Waals surface area (Å²) in [5, 5.41) is 2.07. The van der Waals surface area contributed by atoms with E-state index in [9.17, 15) is 0 Å². The molecule has 0 radical (unpaired) electrons. The quantitative estimate of drug-likeness (QED) is 0.546. The van der Waals surface area contributed by atoms with E-state index in [2.05, 4.69) is 52.2 Å². The number of hydrogen-bond acceptors (Lipinski definition) is 3. The molecule has 0 spiro atoms. The molecule has 102 valence electrons. The van der Waals surface area contributed by atoms with Crippen LogP contribution in [0.3, 0.4) is 0 Å². The zero-order valence-electron chi connectivity index (χ0n) is 11.5. The summed E-state index contributed by atoms with van der Waals surface area (Å²) in [5.74, 6) is 0.948. The number of hydrogen-bond donors (Lipinski definition) is 0. The maximum Gasteiger partial charge on any atom is 0.164 e. The summed E-state index contributed by atoms with van der Waals surface area (Å²) in [4.78, 5) is 10.4. The summed E-state index contributed by atoms with van der Waals surface area (Å²) >= 11 is 1.69. The zero-order chi connectivity index (χ0) is 14.2. The lowest BCUT2D eigenvalue weighted by atomic mass is 10.2. The SMILES string of the molecule is Cc1cccc(-n2c(-c3cccs3)nc3cccnc32)c1. The highest BCUT2D eigenvalue weighted by atomic mass is 32.1. The number of rotatable bonds is 2. The van der Waals surface area contributed by atoms with Gasteiger partial charge in [0, 0.05) is 11.9 Å². The Balaban J connectivity index is 2.08. The molecule has 0 fully saturated rings. The van der Waals surface area contributed by atoms with Crippen molar-refractivity contribution in [3.63, 3.8) is 0 Å². The Hall–Kier alpha value is -2.46. The molecule has 0 bridgehead atoms. The molecule has 0 saturated carbocycles. The third-order valence-corrected chi connectivity index (χ3v) is 4.28. The fourth-order valence-electron chi connectivity index (χ4n) is 2.50. The second-order valence-corrected chi connectivity index (χ2v) is 5.88. The Morgan fingerprint density at radius 2 is 2.00 bits per heavy atom. The molecule has 4 heteroatoms. The van der Waals surface area contributed by atoms with Crippen LogP contribution in [-0.2, 0) is 0 Å². The summed E-state index contributed by atoms with van der Waals surface area (Å²) in [7, 11) is 0. The van der Waals surface area contributed by atoms with Crippen LogP contribution in [-0.4, -0.2) is 14.5 Å². The van der Waals surface area contributed by atoms with Gasteiger partial charge in [-0.25, -0.2) is 9.97 Å². The predicted molar refractivity (Wildman–Crippen MR) is 86.9 cm³/mol. The van der Waals surface area contributed by atoms with Crippen LogP contribution >= 0.6 is 11.3 Å². The number of pyridine rings is 1. The molecule has 3 heterocycles. The molecule has 3 aromatic heterocycles. The third kappa shape index (κ3) is 2.04. The number of nitrogens with zero attached hydrogens (tertiary/aromatic N) is 3. The molecule has 0 unspecified atom stereocenters. The first-order valence-electron chi connectivity index (χ1n) is 6.77. The van der Waals surface area contributed by atoms with Gasteiger partial charge in [-0.3, -0.25) is 4.57 Å². The lowest BCUT2D eigenvalue weighted by Gasteiger charge is -2.08. The predicted octanol–water partition coefficient (Wildman–Crippen LogP) is 4.46. The van der Waals surface area contributed by atoms with Crippen molar-refractivity contribution >= 4 is 22.5 Å². The number of aryl methyl sites for hydroxylation is 1. The molecule has 3 nitrogen and oxygen atoms in total. The van der Waals surface area contributed by atoms with Crippen LogP contribution in [0.25, 0.3) is 27.6 Å². The second-order valence-electron chi connectivity index (χ2n) is 4.93. The summed E-state index contributed by atoms with van der Waals surface area (Å²) in [6.07, 6.45) is 1.81. The number of aromatic nitrogens is 3. The van der Waals surface area contributed by atoms with E-state index in [-0.39, 0.29) is 0 Å². The number of fused-ring (bicyclic) bond motifs is 1. The van der Waals surface area contributed by atoms with E-state index < -0.39 is 0 Å². The first-order valence-corrected chi connectivity index (χ1v) is 7.65. The van der Waals surface area contributed by atoms with E-state index in [0.29, 0.717) is 0 Å². The molecule has 0 aliphatic carbocycles. The van der Waals surface area contributed by atoms with E-state index in [1.807, 2.05) is 24.4 Å². The van der Waals surface area contributed by atoms with E-state index in [0.717, 1.165) is 27.6 Å². The lowest BCUT2D eigenvalue weighted by Crippen LogP contribution is -1.98. The first-order chi connectivity index (χ1) is 10.3. The highest BCUT2D eigenvalue weighted by Crippen LogP contribution is 2.30. The molecule has 4 aromatic rings. The normalized spacial score (nSPS) is 11.1. The molecule has 0 aliphatic heterocycles. The molecule has 4 rings (SSSR count). The topological polar surface area (TPSA) is 30.7 Å². The van der Waals surface area contributed by atoms with Crippen LogP contribution in [0.1, 0.15) is 5.56 Å². The summed E-state index contributed by atoms with van der Waals surface area (Å²) < 4.78 is 2.13. The van der Waals surface area contributed by atoms with Crippen LogP contribution in [0, 0.1) is 6.92 Å². The van der Waals surface area contributed by atoms with Gasteiger partial charge in [-0.05, 0) is 48.2 Å². The van der Waals surface area contributed by atoms with Crippen LogP contribution in [0.4, 0.5) is 0 Å². The molecule has 1 aromatic carbocycles. The molecule has 0 aliphatic rings. The second kappa shape index (κ2) is 4.82. The number of imidazole rings is 1. The van der Waals surface area contributed by atoms with E-state index >= 15 is 0 Å². The molecular weight excluding hydrogens is 278 g/mol. The lowest BCUT2D eigenvalue weighted by molar-refractivity contribution is 1.08. The smallest absolute Gasteiger partial charge is 0.164 e. The Labute approximate surface area is 126 Å². The third-order valence-electron chi connectivity index (χ3n) is 3.42. The molecule has 21 heavy (non-hydrogen) atoms. The first kappa shape index (κ1) is 12.3. The number of benzene rings is 1. The summed E-state index contributed by atoms with van der Waals surface area (Å²) in [6, 6.07) is 16.5. The highest BCUT2D eigenvalue weighted by molar-refractivity contribution is 7.13. The van der Waals surface area contributed by atoms with Gasteiger partial charge in [-0.1, -0.05) is 18.2 Å². The van der Waals surface area contributed by atoms with Crippen molar-refractivity contribution in [2.75, 3.05) is 0 Å². The zero-order valence-corrected chi connectivity index (χ0v) is 12.3. The van der Waals surface area contributed by atoms with Gasteiger partial charge in [0.25, 0.3) is 0 Å². The van der Waals surface area contributed by atoms with Crippen molar-refractivity contribution in [3.8, 4) is 16.4 Å². The maximum absolute atomic E-state index is 4.77. The van der Waals surface area contributed by atoms with Crippen LogP contribution in [0.15, 0.2) is 60.1 Å². The van der Waals surface area contributed by atoms with Gasteiger partial charge < -0.3 is 0 Å². The summed E-state index contributed by atoms with van der Waals surface area (Å²) in [6.45, 7) is 2.10. The van der Waals surface area contributed by atoms with Crippen molar-refractivity contribution in [2.45, 2.75) is 6.92 Å². The van der Waals surface area contributed by atoms with Crippen molar-refractivity contribution in [1.29, 1.82) is 0 Å². The molecule has 0 atom stereocenters. The molecule has 0 amide bonds. The summed E-state index contributed by atoms with van der Waals surface area (Å²) in [5.41, 5.74) is 4.14. The Kier molecular flexibility index (Phi) is 2.82. The maximum atomic E-state index is 4.77. The average molecular weight is 291 g/mol. The van der Waals surface area contributed by atoms with Gasteiger partial charge in [0.15, 0.2) is 11.5 Å². The molecular formula is C17H13N3S. The highest BCUT2D eigenvalue weighted by Gasteiger charge is 2.15. The fourth-order valence-corrected chi connectivity index (χ4v) is 3.20. The van der Waals surface area contributed by atoms with E-state index in [1.165, 1.54) is 5.56 Å². The van der Waals surface area contributed by atoms with Crippen LogP contribution in [0.2, 0.25) is 0 Å². The standard InChI is InChI=1S/C17H13N3S/c1-12-5-2-6-13(11-12)20-16-14(7-3-9-18-16)19-17(20)15-8-4-10-21-15/h2-11H,1H3. The Morgan fingerprint density at radius 1 is 1.05 bits per heavy atom. The van der Waals surface area contributed by atoms with Crippen LogP contribution in [0.5, 0.6) is 0 Å². The largest absolute Gasteiger partial charge is 0.276 e. The fraction of sp³-hybridized carbons (Fsp3) is 0.0588.